The molecule has 1 aromatic heterocycles. The standard InChI is InChI=1S/C24H20F2N2O2/c1-14-20(29-2)13-12-19(23(14)30-3)24-27-21(15-4-8-17(25)9-5-15)22(28-24)16-6-10-18(26)11-7-16/h4-13H,1-3H3,(H,27,28). The van der Waals surface area contributed by atoms with Gasteiger partial charge in [-0.05, 0) is 67.6 Å². The van der Waals surface area contributed by atoms with Crippen molar-refractivity contribution < 1.29 is 18.3 Å². The van der Waals surface area contributed by atoms with Crippen LogP contribution in [0.25, 0.3) is 33.9 Å². The summed E-state index contributed by atoms with van der Waals surface area (Å²) in [6, 6.07) is 16.0. The summed E-state index contributed by atoms with van der Waals surface area (Å²) in [7, 11) is 3.20. The van der Waals surface area contributed by atoms with Gasteiger partial charge in [-0.15, -0.1) is 0 Å². The van der Waals surface area contributed by atoms with Crippen LogP contribution in [0.5, 0.6) is 11.5 Å². The largest absolute Gasteiger partial charge is 0.496 e. The van der Waals surface area contributed by atoms with E-state index in [1.165, 1.54) is 24.3 Å². The summed E-state index contributed by atoms with van der Waals surface area (Å²) in [6.07, 6.45) is 0. The Morgan fingerprint density at radius 1 is 0.767 bits per heavy atom. The van der Waals surface area contributed by atoms with Crippen LogP contribution in [0.4, 0.5) is 8.78 Å². The second-order valence-corrected chi connectivity index (χ2v) is 6.80. The van der Waals surface area contributed by atoms with E-state index in [4.69, 9.17) is 14.5 Å². The average molecular weight is 406 g/mol. The Labute approximate surface area is 173 Å². The quantitative estimate of drug-likeness (QED) is 0.441. The number of ether oxygens (including phenoxy) is 2. The number of imidazole rings is 1. The fraction of sp³-hybridized carbons (Fsp3) is 0.125. The molecular formula is C24H20F2N2O2. The van der Waals surface area contributed by atoms with Crippen LogP contribution in [-0.4, -0.2) is 24.2 Å². The van der Waals surface area contributed by atoms with Crippen molar-refractivity contribution >= 4 is 0 Å². The Hall–Kier alpha value is -3.67. The van der Waals surface area contributed by atoms with E-state index < -0.39 is 0 Å². The Morgan fingerprint density at radius 2 is 1.37 bits per heavy atom. The Morgan fingerprint density at radius 3 is 1.93 bits per heavy atom. The van der Waals surface area contributed by atoms with Gasteiger partial charge in [0.1, 0.15) is 29.0 Å². The minimum Gasteiger partial charge on any atom is -0.496 e. The van der Waals surface area contributed by atoms with Crippen molar-refractivity contribution in [3.05, 3.63) is 77.9 Å². The lowest BCUT2D eigenvalue weighted by Crippen LogP contribution is -1.96. The second-order valence-electron chi connectivity index (χ2n) is 6.80. The molecule has 0 radical (unpaired) electrons. The SMILES string of the molecule is COc1ccc(-c2nc(-c3ccc(F)cc3)c(-c3ccc(F)cc3)[nH]2)c(OC)c1C. The van der Waals surface area contributed by atoms with E-state index in [2.05, 4.69) is 4.98 Å². The molecule has 30 heavy (non-hydrogen) atoms. The number of nitrogens with zero attached hydrogens (tertiary/aromatic N) is 1. The predicted octanol–water partition coefficient (Wildman–Crippen LogP) is 6.01. The van der Waals surface area contributed by atoms with E-state index in [9.17, 15) is 8.78 Å². The van der Waals surface area contributed by atoms with Gasteiger partial charge in [0.25, 0.3) is 0 Å². The van der Waals surface area contributed by atoms with Crippen LogP contribution >= 0.6 is 0 Å². The van der Waals surface area contributed by atoms with E-state index in [-0.39, 0.29) is 11.6 Å². The van der Waals surface area contributed by atoms with Crippen LogP contribution in [0, 0.1) is 18.6 Å². The molecule has 1 N–H and O–H groups in total. The first-order valence-corrected chi connectivity index (χ1v) is 9.35. The van der Waals surface area contributed by atoms with Crippen LogP contribution in [0.3, 0.4) is 0 Å². The fourth-order valence-electron chi connectivity index (χ4n) is 3.49. The molecule has 0 bridgehead atoms. The van der Waals surface area contributed by atoms with Crippen LogP contribution in [0.2, 0.25) is 0 Å². The number of aromatic nitrogens is 2. The first-order chi connectivity index (χ1) is 14.5. The molecule has 0 atom stereocenters. The minimum atomic E-state index is -0.328. The maximum atomic E-state index is 13.5. The summed E-state index contributed by atoms with van der Waals surface area (Å²) in [5.74, 6) is 1.27. The summed E-state index contributed by atoms with van der Waals surface area (Å²) < 4.78 is 37.9. The monoisotopic (exact) mass is 406 g/mol. The van der Waals surface area contributed by atoms with Gasteiger partial charge in [-0.1, -0.05) is 0 Å². The Kier molecular flexibility index (Phi) is 5.23. The average Bonchev–Trinajstić information content (AvgIpc) is 3.19. The van der Waals surface area contributed by atoms with Gasteiger partial charge in [0.05, 0.1) is 31.2 Å². The van der Waals surface area contributed by atoms with Gasteiger partial charge in [-0.3, -0.25) is 0 Å². The lowest BCUT2D eigenvalue weighted by Gasteiger charge is -2.13. The zero-order chi connectivity index (χ0) is 21.3. The molecule has 4 nitrogen and oxygen atoms in total. The topological polar surface area (TPSA) is 47.1 Å². The smallest absolute Gasteiger partial charge is 0.142 e. The number of hydrogen-bond acceptors (Lipinski definition) is 3. The maximum absolute atomic E-state index is 13.5. The number of H-pyrrole nitrogens is 1. The van der Waals surface area contributed by atoms with Crippen molar-refractivity contribution in [3.8, 4) is 45.4 Å². The molecular weight excluding hydrogens is 386 g/mol. The minimum absolute atomic E-state index is 0.325. The molecule has 0 amide bonds. The third-order valence-electron chi connectivity index (χ3n) is 4.99. The first-order valence-electron chi connectivity index (χ1n) is 9.35. The number of hydrogen-bond donors (Lipinski definition) is 1. The van der Waals surface area contributed by atoms with Gasteiger partial charge >= 0.3 is 0 Å². The summed E-state index contributed by atoms with van der Waals surface area (Å²) >= 11 is 0. The highest BCUT2D eigenvalue weighted by Gasteiger charge is 2.20. The Bertz CT molecular complexity index is 1120. The van der Waals surface area contributed by atoms with Crippen molar-refractivity contribution in [2.45, 2.75) is 6.92 Å². The number of aromatic amines is 1. The third kappa shape index (κ3) is 3.52. The molecule has 3 aromatic carbocycles. The number of halogens is 2. The van der Waals surface area contributed by atoms with Gasteiger partial charge in [0, 0.05) is 16.7 Å². The van der Waals surface area contributed by atoms with Crippen molar-refractivity contribution in [3.63, 3.8) is 0 Å². The molecule has 0 spiro atoms. The van der Waals surface area contributed by atoms with Gasteiger partial charge < -0.3 is 14.5 Å². The van der Waals surface area contributed by atoms with Crippen molar-refractivity contribution in [2.75, 3.05) is 14.2 Å². The highest BCUT2D eigenvalue weighted by Crippen LogP contribution is 2.39. The molecule has 0 fully saturated rings. The van der Waals surface area contributed by atoms with Gasteiger partial charge in [-0.25, -0.2) is 13.8 Å². The highest BCUT2D eigenvalue weighted by atomic mass is 19.1. The third-order valence-corrected chi connectivity index (χ3v) is 4.99. The number of rotatable bonds is 5. The molecule has 152 valence electrons. The summed E-state index contributed by atoms with van der Waals surface area (Å²) in [5.41, 5.74) is 4.44. The van der Waals surface area contributed by atoms with Crippen LogP contribution in [0.1, 0.15) is 5.56 Å². The molecule has 0 aliphatic carbocycles. The van der Waals surface area contributed by atoms with Crippen LogP contribution in [0.15, 0.2) is 60.7 Å². The summed E-state index contributed by atoms with van der Waals surface area (Å²) in [6.45, 7) is 1.91. The van der Waals surface area contributed by atoms with Crippen LogP contribution in [-0.2, 0) is 0 Å². The molecule has 0 saturated heterocycles. The van der Waals surface area contributed by atoms with Crippen molar-refractivity contribution in [2.24, 2.45) is 0 Å². The van der Waals surface area contributed by atoms with E-state index in [1.807, 2.05) is 19.1 Å². The molecule has 0 aliphatic heterocycles. The number of nitrogens with one attached hydrogen (secondary N) is 1. The van der Waals surface area contributed by atoms with Gasteiger partial charge in [0.2, 0.25) is 0 Å². The molecule has 4 rings (SSSR count). The van der Waals surface area contributed by atoms with E-state index in [1.54, 1.807) is 38.5 Å². The number of methoxy groups -OCH3 is 2. The summed E-state index contributed by atoms with van der Waals surface area (Å²) in [4.78, 5) is 8.13. The zero-order valence-corrected chi connectivity index (χ0v) is 16.8. The molecule has 0 unspecified atom stereocenters. The zero-order valence-electron chi connectivity index (χ0n) is 16.8. The maximum Gasteiger partial charge on any atom is 0.142 e. The van der Waals surface area contributed by atoms with Crippen molar-refractivity contribution in [1.29, 1.82) is 0 Å². The molecule has 4 aromatic rings. The highest BCUT2D eigenvalue weighted by molar-refractivity contribution is 5.82. The normalized spacial score (nSPS) is 10.8. The second kappa shape index (κ2) is 7.99. The summed E-state index contributed by atoms with van der Waals surface area (Å²) in [5, 5.41) is 0. The van der Waals surface area contributed by atoms with Gasteiger partial charge in [-0.2, -0.15) is 0 Å². The fourth-order valence-corrected chi connectivity index (χ4v) is 3.49. The van der Waals surface area contributed by atoms with E-state index >= 15 is 0 Å². The van der Waals surface area contributed by atoms with Gasteiger partial charge in [0.15, 0.2) is 0 Å². The molecule has 6 heteroatoms. The molecule has 0 saturated carbocycles. The lowest BCUT2D eigenvalue weighted by atomic mass is 10.1. The lowest BCUT2D eigenvalue weighted by molar-refractivity contribution is 0.389. The van der Waals surface area contributed by atoms with E-state index in [0.29, 0.717) is 28.7 Å². The predicted molar refractivity (Wildman–Crippen MR) is 113 cm³/mol. The Balaban J connectivity index is 1.93. The number of benzene rings is 3. The van der Waals surface area contributed by atoms with Crippen LogP contribution < -0.4 is 9.47 Å². The van der Waals surface area contributed by atoms with E-state index in [0.717, 1.165) is 22.3 Å². The first kappa shape index (κ1) is 19.6. The molecule has 0 aliphatic rings. The molecule has 1 heterocycles. The van der Waals surface area contributed by atoms with Crippen molar-refractivity contribution in [1.82, 2.24) is 9.97 Å².